The predicted octanol–water partition coefficient (Wildman–Crippen LogP) is 4.10. The first-order valence-electron chi connectivity index (χ1n) is 16.3. The number of aliphatic hydroxyl groups is 1. The number of nitrogens with one attached hydrogen (secondary N) is 3. The van der Waals surface area contributed by atoms with E-state index < -0.39 is 55.0 Å². The van der Waals surface area contributed by atoms with Crippen LogP contribution < -0.4 is 16.0 Å². The van der Waals surface area contributed by atoms with Crippen LogP contribution in [0.5, 0.6) is 0 Å². The lowest BCUT2D eigenvalue weighted by molar-refractivity contribution is -0.172. The normalized spacial score (nSPS) is 26.5. The lowest BCUT2D eigenvalue weighted by atomic mass is 9.81. The molecule has 3 heterocycles. The molecule has 0 saturated carbocycles. The first-order chi connectivity index (χ1) is 19.7. The average Bonchev–Trinajstić information content (AvgIpc) is 2.70. The van der Waals surface area contributed by atoms with Gasteiger partial charge in [0.05, 0.1) is 18.9 Å². The van der Waals surface area contributed by atoms with Crippen molar-refractivity contribution in [3.8, 4) is 0 Å². The summed E-state index contributed by atoms with van der Waals surface area (Å²) < 4.78 is 17.8. The Morgan fingerprint density at radius 2 is 0.841 bits per heavy atom. The molecular formula is C34H61N3O7. The van der Waals surface area contributed by atoms with Crippen molar-refractivity contribution in [1.29, 1.82) is 0 Å². The molecule has 0 aromatic carbocycles. The van der Waals surface area contributed by atoms with E-state index in [0.717, 1.165) is 0 Å². The molecule has 10 nitrogen and oxygen atoms in total. The molecule has 0 aromatic rings. The van der Waals surface area contributed by atoms with Gasteiger partial charge in [-0.2, -0.15) is 0 Å². The molecule has 3 fully saturated rings. The zero-order chi connectivity index (χ0) is 33.6. The van der Waals surface area contributed by atoms with Crippen LogP contribution in [0.25, 0.3) is 0 Å². The van der Waals surface area contributed by atoms with Crippen molar-refractivity contribution in [2.24, 2.45) is 0 Å². The van der Waals surface area contributed by atoms with Crippen LogP contribution >= 0.6 is 0 Å². The van der Waals surface area contributed by atoms with Crippen molar-refractivity contribution in [2.75, 3.05) is 6.61 Å². The van der Waals surface area contributed by atoms with Gasteiger partial charge in [0.1, 0.15) is 24.4 Å². The number of hydrogen-bond donors (Lipinski definition) is 4. The first kappa shape index (κ1) is 36.9. The Labute approximate surface area is 265 Å². The van der Waals surface area contributed by atoms with Crippen LogP contribution in [0.4, 0.5) is 0 Å². The zero-order valence-corrected chi connectivity index (χ0v) is 29.5. The van der Waals surface area contributed by atoms with Crippen molar-refractivity contribution >= 4 is 17.7 Å². The number of esters is 2. The number of hydrogen-bond acceptors (Lipinski definition) is 10. The van der Waals surface area contributed by atoms with Gasteiger partial charge in [-0.05, 0) is 95.9 Å². The van der Waals surface area contributed by atoms with Gasteiger partial charge in [-0.3, -0.25) is 14.4 Å². The van der Waals surface area contributed by atoms with E-state index in [2.05, 4.69) is 99.0 Å². The third-order valence-corrected chi connectivity index (χ3v) is 8.90. The van der Waals surface area contributed by atoms with Crippen molar-refractivity contribution < 1.29 is 33.7 Å². The molecule has 10 heteroatoms. The lowest BCUT2D eigenvalue weighted by Gasteiger charge is -2.46. The number of piperidine rings is 3. The smallest absolute Gasteiger partial charge is 0.309 e. The Morgan fingerprint density at radius 1 is 0.568 bits per heavy atom. The Kier molecular flexibility index (Phi) is 10.5. The summed E-state index contributed by atoms with van der Waals surface area (Å²) in [5, 5.41) is 22.5. The fourth-order valence-electron chi connectivity index (χ4n) is 8.49. The van der Waals surface area contributed by atoms with E-state index in [0.29, 0.717) is 38.5 Å². The molecule has 44 heavy (non-hydrogen) atoms. The molecular weight excluding hydrogens is 562 g/mol. The summed E-state index contributed by atoms with van der Waals surface area (Å²) in [4.78, 5) is 40.3. The number of carbonyl (C=O) groups is 3. The van der Waals surface area contributed by atoms with Crippen LogP contribution in [-0.2, 0) is 28.6 Å². The van der Waals surface area contributed by atoms with Crippen LogP contribution in [0.1, 0.15) is 134 Å². The summed E-state index contributed by atoms with van der Waals surface area (Å²) in [6, 6.07) is 0. The van der Waals surface area contributed by atoms with Gasteiger partial charge in [-0.15, -0.1) is 0 Å². The van der Waals surface area contributed by atoms with Gasteiger partial charge >= 0.3 is 11.9 Å². The van der Waals surface area contributed by atoms with E-state index >= 15 is 0 Å². The quantitative estimate of drug-likeness (QED) is 0.264. The van der Waals surface area contributed by atoms with Gasteiger partial charge in [-0.25, -0.2) is 0 Å². The maximum atomic E-state index is 13.7. The SMILES string of the molecule is CC1(C)CC(OCC(=O)C(O)(CC(=O)OC2CC(C)(C)NC(C)(C)C2)CC(=O)OC2CC(C)(C)NC(C)(C)C2)CC(C)(C)N1. The largest absolute Gasteiger partial charge is 0.462 e. The van der Waals surface area contributed by atoms with Gasteiger partial charge < -0.3 is 35.3 Å². The van der Waals surface area contributed by atoms with E-state index in [1.807, 2.05) is 0 Å². The van der Waals surface area contributed by atoms with Crippen LogP contribution in [0.3, 0.4) is 0 Å². The molecule has 0 unspecified atom stereocenters. The molecule has 0 aliphatic carbocycles. The summed E-state index contributed by atoms with van der Waals surface area (Å²) in [6.45, 7) is 24.3. The van der Waals surface area contributed by atoms with Gasteiger partial charge in [0.25, 0.3) is 0 Å². The van der Waals surface area contributed by atoms with E-state index in [1.54, 1.807) is 0 Å². The molecule has 0 amide bonds. The van der Waals surface area contributed by atoms with Gasteiger partial charge in [0.2, 0.25) is 0 Å². The second kappa shape index (κ2) is 12.5. The van der Waals surface area contributed by atoms with Crippen LogP contribution in [0.2, 0.25) is 0 Å². The number of rotatable bonds is 10. The number of ketones is 1. The molecule has 0 atom stereocenters. The van der Waals surface area contributed by atoms with Crippen LogP contribution in [0, 0.1) is 0 Å². The molecule has 0 aromatic heterocycles. The molecule has 0 radical (unpaired) electrons. The second-order valence-corrected chi connectivity index (χ2v) is 17.9. The Morgan fingerprint density at radius 3 is 1.14 bits per heavy atom. The Hall–Kier alpha value is -1.59. The molecule has 4 N–H and O–H groups in total. The standard InChI is InChI=1S/C34H61N3O7/c1-28(2)13-22(14-29(3,4)35-28)42-21-25(38)34(41,19-26(39)43-23-15-30(5,6)36-31(7,8)16-23)20-27(40)44-24-17-32(9,10)37-33(11,12)18-24/h22-24,35-37,41H,13-21H2,1-12H3. The highest BCUT2D eigenvalue weighted by atomic mass is 16.6. The van der Waals surface area contributed by atoms with E-state index in [9.17, 15) is 19.5 Å². The van der Waals surface area contributed by atoms with Crippen LogP contribution in [-0.4, -0.2) is 86.6 Å². The highest BCUT2D eigenvalue weighted by molar-refractivity contribution is 5.95. The highest BCUT2D eigenvalue weighted by Crippen LogP contribution is 2.34. The minimum Gasteiger partial charge on any atom is -0.462 e. The van der Waals surface area contributed by atoms with Crippen molar-refractivity contribution in [3.05, 3.63) is 0 Å². The summed E-state index contributed by atoms with van der Waals surface area (Å²) in [5.41, 5.74) is -3.76. The number of Topliss-reactive ketones (excluding diaryl/α,β-unsaturated/α-hetero) is 1. The number of ether oxygens (including phenoxy) is 3. The van der Waals surface area contributed by atoms with E-state index in [-0.39, 0.29) is 39.3 Å². The minimum absolute atomic E-state index is 0.202. The van der Waals surface area contributed by atoms with Crippen LogP contribution in [0.15, 0.2) is 0 Å². The fraction of sp³-hybridized carbons (Fsp3) is 0.912. The second-order valence-electron chi connectivity index (χ2n) is 17.9. The molecule has 3 aliphatic heterocycles. The Balaban J connectivity index is 1.74. The highest BCUT2D eigenvalue weighted by Gasteiger charge is 2.46. The summed E-state index contributed by atoms with van der Waals surface area (Å²) in [6.07, 6.45) is 1.37. The molecule has 254 valence electrons. The van der Waals surface area contributed by atoms with Crippen molar-refractivity contribution in [3.63, 3.8) is 0 Å². The van der Waals surface area contributed by atoms with E-state index in [4.69, 9.17) is 14.2 Å². The third kappa shape index (κ3) is 11.0. The first-order valence-corrected chi connectivity index (χ1v) is 16.3. The zero-order valence-electron chi connectivity index (χ0n) is 29.5. The molecule has 3 rings (SSSR count). The Bertz CT molecular complexity index is 977. The third-order valence-electron chi connectivity index (χ3n) is 8.90. The maximum Gasteiger partial charge on any atom is 0.309 e. The molecule has 0 bridgehead atoms. The topological polar surface area (TPSA) is 135 Å². The van der Waals surface area contributed by atoms with Gasteiger partial charge in [-0.1, -0.05) is 0 Å². The molecule has 0 spiro atoms. The number of carbonyl (C=O) groups excluding carboxylic acids is 3. The van der Waals surface area contributed by atoms with Crippen molar-refractivity contribution in [2.45, 2.75) is 192 Å². The predicted molar refractivity (Wildman–Crippen MR) is 170 cm³/mol. The van der Waals surface area contributed by atoms with Gasteiger partial charge in [0.15, 0.2) is 5.78 Å². The minimum atomic E-state index is -2.32. The fourth-order valence-corrected chi connectivity index (χ4v) is 8.49. The monoisotopic (exact) mass is 623 g/mol. The lowest BCUT2D eigenvalue weighted by Crippen LogP contribution is -2.60. The van der Waals surface area contributed by atoms with Gasteiger partial charge in [0, 0.05) is 58.9 Å². The van der Waals surface area contributed by atoms with E-state index in [1.165, 1.54) is 0 Å². The summed E-state index contributed by atoms with van der Waals surface area (Å²) in [7, 11) is 0. The molecule has 3 saturated heterocycles. The maximum absolute atomic E-state index is 13.7. The summed E-state index contributed by atoms with van der Waals surface area (Å²) >= 11 is 0. The molecule has 3 aliphatic rings. The summed E-state index contributed by atoms with van der Waals surface area (Å²) in [5.74, 6) is -2.17. The average molecular weight is 624 g/mol. The van der Waals surface area contributed by atoms with Crippen molar-refractivity contribution in [1.82, 2.24) is 16.0 Å².